The van der Waals surface area contributed by atoms with Gasteiger partial charge in [-0.2, -0.15) is 0 Å². The van der Waals surface area contributed by atoms with Crippen LogP contribution in [0.25, 0.3) is 16.8 Å². The molecule has 0 radical (unpaired) electrons. The molecule has 2 nitrogen and oxygen atoms in total. The van der Waals surface area contributed by atoms with Crippen molar-refractivity contribution < 1.29 is 4.79 Å². The van der Waals surface area contributed by atoms with Gasteiger partial charge in [0.25, 0.3) is 5.91 Å². The highest BCUT2D eigenvalue weighted by molar-refractivity contribution is 8.19. The van der Waals surface area contributed by atoms with Gasteiger partial charge in [0.1, 0.15) is 5.04 Å². The van der Waals surface area contributed by atoms with Gasteiger partial charge in [-0.15, -0.1) is 0 Å². The standard InChI is InChI=1S/C20H13NOS/c22-19-18(23-20(21-19)16-7-2-1-3-8-16)13-14-10-11-15-6-4-5-9-17(15)12-14/h1-13H/b18-13+. The van der Waals surface area contributed by atoms with Crippen molar-refractivity contribution in [3.05, 3.63) is 88.8 Å². The molecule has 0 bridgehead atoms. The summed E-state index contributed by atoms with van der Waals surface area (Å²) in [6, 6.07) is 24.2. The van der Waals surface area contributed by atoms with E-state index in [2.05, 4.69) is 29.3 Å². The summed E-state index contributed by atoms with van der Waals surface area (Å²) in [7, 11) is 0. The van der Waals surface area contributed by atoms with Gasteiger partial charge in [-0.3, -0.25) is 4.79 Å². The number of carbonyl (C=O) groups excluding carboxylic acids is 1. The Balaban J connectivity index is 1.65. The maximum atomic E-state index is 12.1. The monoisotopic (exact) mass is 315 g/mol. The van der Waals surface area contributed by atoms with E-state index in [1.807, 2.05) is 54.6 Å². The minimum atomic E-state index is -0.165. The van der Waals surface area contributed by atoms with Crippen molar-refractivity contribution in [3.8, 4) is 0 Å². The fourth-order valence-corrected chi connectivity index (χ4v) is 3.48. The first kappa shape index (κ1) is 14.0. The lowest BCUT2D eigenvalue weighted by molar-refractivity contribution is -0.113. The number of fused-ring (bicyclic) bond motifs is 1. The Morgan fingerprint density at radius 1 is 0.826 bits per heavy atom. The minimum Gasteiger partial charge on any atom is -0.266 e. The summed E-state index contributed by atoms with van der Waals surface area (Å²) in [4.78, 5) is 17.0. The van der Waals surface area contributed by atoms with Crippen molar-refractivity contribution in [3.63, 3.8) is 0 Å². The van der Waals surface area contributed by atoms with Gasteiger partial charge in [-0.1, -0.05) is 78.5 Å². The van der Waals surface area contributed by atoms with E-state index < -0.39 is 0 Å². The highest BCUT2D eigenvalue weighted by Gasteiger charge is 2.22. The smallest absolute Gasteiger partial charge is 0.266 e. The van der Waals surface area contributed by atoms with Crippen LogP contribution < -0.4 is 0 Å². The van der Waals surface area contributed by atoms with Crippen LogP contribution in [0.5, 0.6) is 0 Å². The highest BCUT2D eigenvalue weighted by atomic mass is 32.2. The number of aliphatic imine (C=N–C) groups is 1. The number of hydrogen-bond acceptors (Lipinski definition) is 2. The molecule has 0 saturated carbocycles. The normalized spacial score (nSPS) is 16.1. The van der Waals surface area contributed by atoms with Crippen LogP contribution in [0.2, 0.25) is 0 Å². The van der Waals surface area contributed by atoms with Crippen LogP contribution in [0.15, 0.2) is 82.7 Å². The number of rotatable bonds is 2. The van der Waals surface area contributed by atoms with E-state index in [9.17, 15) is 4.79 Å². The molecule has 3 aromatic rings. The molecule has 0 saturated heterocycles. The fraction of sp³-hybridized carbons (Fsp3) is 0. The number of carbonyl (C=O) groups is 1. The Hall–Kier alpha value is -2.65. The first-order chi connectivity index (χ1) is 11.3. The summed E-state index contributed by atoms with van der Waals surface area (Å²) < 4.78 is 0. The number of thioether (sulfide) groups is 1. The van der Waals surface area contributed by atoms with Gasteiger partial charge < -0.3 is 0 Å². The third kappa shape index (κ3) is 2.83. The van der Waals surface area contributed by atoms with Crippen LogP contribution in [0.4, 0.5) is 0 Å². The molecule has 1 aliphatic heterocycles. The highest BCUT2D eigenvalue weighted by Crippen LogP contribution is 2.32. The van der Waals surface area contributed by atoms with E-state index in [0.29, 0.717) is 4.91 Å². The molecular formula is C20H13NOS. The van der Waals surface area contributed by atoms with Crippen LogP contribution in [0, 0.1) is 0 Å². The molecule has 0 aromatic heterocycles. The van der Waals surface area contributed by atoms with Crippen molar-refractivity contribution in [2.45, 2.75) is 0 Å². The van der Waals surface area contributed by atoms with Gasteiger partial charge in [-0.05, 0) is 28.5 Å². The third-order valence-corrected chi connectivity index (χ3v) is 4.75. The molecule has 1 amide bonds. The van der Waals surface area contributed by atoms with Crippen molar-refractivity contribution in [2.75, 3.05) is 0 Å². The molecule has 0 spiro atoms. The summed E-state index contributed by atoms with van der Waals surface area (Å²) in [5.74, 6) is -0.165. The lowest BCUT2D eigenvalue weighted by Crippen LogP contribution is -1.89. The second kappa shape index (κ2) is 5.86. The SMILES string of the molecule is O=C1N=C(c2ccccc2)S/C1=C/c1ccc2ccccc2c1. The Kier molecular flexibility index (Phi) is 3.56. The van der Waals surface area contributed by atoms with Crippen LogP contribution in [0.3, 0.4) is 0 Å². The second-order valence-electron chi connectivity index (χ2n) is 5.31. The Bertz CT molecular complexity index is 958. The van der Waals surface area contributed by atoms with Crippen LogP contribution >= 0.6 is 11.8 Å². The summed E-state index contributed by atoms with van der Waals surface area (Å²) in [5.41, 5.74) is 2.00. The number of benzene rings is 3. The predicted molar refractivity (Wildman–Crippen MR) is 97.5 cm³/mol. The average molecular weight is 315 g/mol. The molecule has 1 heterocycles. The zero-order valence-corrected chi connectivity index (χ0v) is 13.1. The number of hydrogen-bond donors (Lipinski definition) is 0. The zero-order chi connectivity index (χ0) is 15.6. The summed E-state index contributed by atoms with van der Waals surface area (Å²) >= 11 is 1.43. The lowest BCUT2D eigenvalue weighted by Gasteiger charge is -2.01. The molecule has 1 aliphatic rings. The van der Waals surface area contributed by atoms with Crippen molar-refractivity contribution in [2.24, 2.45) is 4.99 Å². The van der Waals surface area contributed by atoms with Gasteiger partial charge in [0.05, 0.1) is 4.91 Å². The molecule has 4 rings (SSSR count). The van der Waals surface area contributed by atoms with E-state index in [0.717, 1.165) is 16.2 Å². The molecule has 23 heavy (non-hydrogen) atoms. The van der Waals surface area contributed by atoms with E-state index in [-0.39, 0.29) is 5.91 Å². The molecule has 0 N–H and O–H groups in total. The quantitative estimate of drug-likeness (QED) is 0.629. The van der Waals surface area contributed by atoms with Crippen molar-refractivity contribution >= 4 is 39.6 Å². The molecule has 0 unspecified atom stereocenters. The molecule has 110 valence electrons. The molecule has 0 fully saturated rings. The van der Waals surface area contributed by atoms with Gasteiger partial charge in [0.2, 0.25) is 0 Å². The second-order valence-corrected chi connectivity index (χ2v) is 6.34. The summed E-state index contributed by atoms with van der Waals surface area (Å²) in [5, 5.41) is 3.13. The molecule has 0 aliphatic carbocycles. The zero-order valence-electron chi connectivity index (χ0n) is 12.3. The first-order valence-corrected chi connectivity index (χ1v) is 8.18. The maximum absolute atomic E-state index is 12.1. The Morgan fingerprint density at radius 2 is 1.57 bits per heavy atom. The Labute approximate surface area is 138 Å². The third-order valence-electron chi connectivity index (χ3n) is 3.71. The van der Waals surface area contributed by atoms with Gasteiger partial charge in [0.15, 0.2) is 0 Å². The van der Waals surface area contributed by atoms with Gasteiger partial charge in [-0.25, -0.2) is 4.99 Å². The summed E-state index contributed by atoms with van der Waals surface area (Å²) in [6.45, 7) is 0. The molecular weight excluding hydrogens is 302 g/mol. The van der Waals surface area contributed by atoms with E-state index in [4.69, 9.17) is 0 Å². The largest absolute Gasteiger partial charge is 0.284 e. The van der Waals surface area contributed by atoms with Crippen LogP contribution in [0.1, 0.15) is 11.1 Å². The van der Waals surface area contributed by atoms with Gasteiger partial charge in [0, 0.05) is 5.56 Å². The topological polar surface area (TPSA) is 29.4 Å². The molecule has 3 heteroatoms. The summed E-state index contributed by atoms with van der Waals surface area (Å²) in [6.07, 6.45) is 1.92. The van der Waals surface area contributed by atoms with Crippen molar-refractivity contribution in [1.82, 2.24) is 0 Å². The molecule has 0 atom stereocenters. The maximum Gasteiger partial charge on any atom is 0.284 e. The van der Waals surface area contributed by atoms with E-state index in [1.165, 1.54) is 22.5 Å². The lowest BCUT2D eigenvalue weighted by atomic mass is 10.1. The Morgan fingerprint density at radius 3 is 2.39 bits per heavy atom. The van der Waals surface area contributed by atoms with Crippen LogP contribution in [-0.2, 0) is 4.79 Å². The minimum absolute atomic E-state index is 0.165. The average Bonchev–Trinajstić information content (AvgIpc) is 2.96. The number of nitrogens with zero attached hydrogens (tertiary/aromatic N) is 1. The van der Waals surface area contributed by atoms with Crippen LogP contribution in [-0.4, -0.2) is 11.0 Å². The predicted octanol–water partition coefficient (Wildman–Crippen LogP) is 4.90. The van der Waals surface area contributed by atoms with E-state index >= 15 is 0 Å². The van der Waals surface area contributed by atoms with Gasteiger partial charge >= 0.3 is 0 Å². The molecule has 3 aromatic carbocycles. The number of amides is 1. The van der Waals surface area contributed by atoms with Crippen molar-refractivity contribution in [1.29, 1.82) is 0 Å². The first-order valence-electron chi connectivity index (χ1n) is 7.36. The fourth-order valence-electron chi connectivity index (χ4n) is 2.56. The van der Waals surface area contributed by atoms with E-state index in [1.54, 1.807) is 0 Å².